The molecule has 2 N–H and O–H groups in total. The van der Waals surface area contributed by atoms with Crippen molar-refractivity contribution in [3.05, 3.63) is 53.2 Å². The van der Waals surface area contributed by atoms with Crippen LogP contribution in [0.5, 0.6) is 0 Å². The molecule has 0 bridgehead atoms. The van der Waals surface area contributed by atoms with E-state index in [4.69, 9.17) is 5.73 Å². The summed E-state index contributed by atoms with van der Waals surface area (Å²) in [4.78, 5) is 0. The Bertz CT molecular complexity index is 382. The summed E-state index contributed by atoms with van der Waals surface area (Å²) in [7, 11) is 0. The number of hydrogen-bond acceptors (Lipinski definition) is 1. The number of allylic oxidation sites excluding steroid dienone is 3. The third-order valence-electron chi connectivity index (χ3n) is 2.61. The monoisotopic (exact) mass is 185 g/mol. The highest BCUT2D eigenvalue weighted by atomic mass is 14.6. The van der Waals surface area contributed by atoms with Crippen LogP contribution in [0, 0.1) is 6.92 Å². The highest BCUT2D eigenvalue weighted by molar-refractivity contribution is 5.71. The molecular formula is C13H15N. The van der Waals surface area contributed by atoms with Crippen LogP contribution in [0.4, 0.5) is 0 Å². The lowest BCUT2D eigenvalue weighted by atomic mass is 9.95. The molecule has 1 aromatic rings. The van der Waals surface area contributed by atoms with Gasteiger partial charge in [-0.3, -0.25) is 0 Å². The summed E-state index contributed by atoms with van der Waals surface area (Å²) in [5.41, 5.74) is 10.7. The van der Waals surface area contributed by atoms with Gasteiger partial charge in [-0.15, -0.1) is 0 Å². The van der Waals surface area contributed by atoms with E-state index in [1.807, 2.05) is 6.08 Å². The van der Waals surface area contributed by atoms with Crippen LogP contribution in [-0.4, -0.2) is 0 Å². The number of nitrogens with two attached hydrogens (primary N) is 1. The number of hydrogen-bond donors (Lipinski definition) is 1. The second kappa shape index (κ2) is 3.70. The van der Waals surface area contributed by atoms with Crippen molar-refractivity contribution in [3.8, 4) is 0 Å². The zero-order valence-corrected chi connectivity index (χ0v) is 8.46. The second-order valence-corrected chi connectivity index (χ2v) is 3.74. The Morgan fingerprint density at radius 3 is 2.50 bits per heavy atom. The summed E-state index contributed by atoms with van der Waals surface area (Å²) in [6, 6.07) is 8.56. The van der Waals surface area contributed by atoms with Crippen molar-refractivity contribution in [2.24, 2.45) is 5.73 Å². The minimum absolute atomic E-state index is 0.917. The Kier molecular flexibility index (Phi) is 2.40. The lowest BCUT2D eigenvalue weighted by Crippen LogP contribution is -2.02. The van der Waals surface area contributed by atoms with Gasteiger partial charge in [0.2, 0.25) is 0 Å². The topological polar surface area (TPSA) is 26.0 Å². The van der Waals surface area contributed by atoms with Gasteiger partial charge in [-0.25, -0.2) is 0 Å². The third kappa shape index (κ3) is 1.72. The molecule has 1 aromatic carbocycles. The lowest BCUT2D eigenvalue weighted by Gasteiger charge is -2.13. The van der Waals surface area contributed by atoms with Crippen LogP contribution in [0.2, 0.25) is 0 Å². The van der Waals surface area contributed by atoms with Gasteiger partial charge < -0.3 is 5.73 Å². The molecule has 0 aromatic heterocycles. The predicted molar refractivity (Wildman–Crippen MR) is 60.7 cm³/mol. The molecule has 0 radical (unpaired) electrons. The first kappa shape index (κ1) is 9.07. The third-order valence-corrected chi connectivity index (χ3v) is 2.61. The molecule has 0 amide bonds. The fourth-order valence-electron chi connectivity index (χ4n) is 1.75. The van der Waals surface area contributed by atoms with Gasteiger partial charge in [0.1, 0.15) is 0 Å². The second-order valence-electron chi connectivity index (χ2n) is 3.74. The van der Waals surface area contributed by atoms with E-state index in [1.54, 1.807) is 0 Å². The molecule has 1 aliphatic carbocycles. The smallest absolute Gasteiger partial charge is 0.0349 e. The largest absolute Gasteiger partial charge is 0.398 e. The molecule has 1 heteroatoms. The molecule has 0 unspecified atom stereocenters. The van der Waals surface area contributed by atoms with Crippen molar-refractivity contribution in [2.75, 3.05) is 0 Å². The van der Waals surface area contributed by atoms with E-state index in [1.165, 1.54) is 16.7 Å². The van der Waals surface area contributed by atoms with Crippen LogP contribution < -0.4 is 5.73 Å². The standard InChI is InChI=1S/C13H15N/c1-10-6-8-11(9-7-10)12-4-2-3-5-13(12)14/h3,5-9H,2,4,14H2,1H3. The molecule has 2 rings (SSSR count). The maximum Gasteiger partial charge on any atom is 0.0349 e. The molecule has 0 saturated heterocycles. The van der Waals surface area contributed by atoms with Gasteiger partial charge in [-0.05, 0) is 37.0 Å². The van der Waals surface area contributed by atoms with Gasteiger partial charge in [0.15, 0.2) is 0 Å². The van der Waals surface area contributed by atoms with Gasteiger partial charge in [-0.2, -0.15) is 0 Å². The van der Waals surface area contributed by atoms with Crippen LogP contribution in [0.25, 0.3) is 5.57 Å². The SMILES string of the molecule is Cc1ccc(C2=C(N)C=CCC2)cc1. The van der Waals surface area contributed by atoms with Gasteiger partial charge in [-0.1, -0.05) is 35.9 Å². The molecular weight excluding hydrogens is 170 g/mol. The van der Waals surface area contributed by atoms with Crippen molar-refractivity contribution >= 4 is 5.57 Å². The molecule has 0 fully saturated rings. The average molecular weight is 185 g/mol. The van der Waals surface area contributed by atoms with Gasteiger partial charge in [0.25, 0.3) is 0 Å². The molecule has 0 heterocycles. The van der Waals surface area contributed by atoms with E-state index in [0.29, 0.717) is 0 Å². The van der Waals surface area contributed by atoms with E-state index in [-0.39, 0.29) is 0 Å². The zero-order chi connectivity index (χ0) is 9.97. The van der Waals surface area contributed by atoms with E-state index in [0.717, 1.165) is 18.5 Å². The summed E-state index contributed by atoms with van der Waals surface area (Å²) < 4.78 is 0. The predicted octanol–water partition coefficient (Wildman–Crippen LogP) is 3.01. The van der Waals surface area contributed by atoms with E-state index >= 15 is 0 Å². The number of aryl methyl sites for hydroxylation is 1. The van der Waals surface area contributed by atoms with E-state index in [9.17, 15) is 0 Å². The van der Waals surface area contributed by atoms with Crippen molar-refractivity contribution < 1.29 is 0 Å². The summed E-state index contributed by atoms with van der Waals surface area (Å²) in [5.74, 6) is 0. The number of benzene rings is 1. The van der Waals surface area contributed by atoms with Crippen LogP contribution in [0.1, 0.15) is 24.0 Å². The maximum absolute atomic E-state index is 5.94. The summed E-state index contributed by atoms with van der Waals surface area (Å²) >= 11 is 0. The van der Waals surface area contributed by atoms with Crippen molar-refractivity contribution in [3.63, 3.8) is 0 Å². The fourth-order valence-corrected chi connectivity index (χ4v) is 1.75. The quantitative estimate of drug-likeness (QED) is 0.715. The molecule has 0 saturated carbocycles. The Balaban J connectivity index is 2.39. The first-order chi connectivity index (χ1) is 6.77. The fraction of sp³-hybridized carbons (Fsp3) is 0.231. The van der Waals surface area contributed by atoms with E-state index < -0.39 is 0 Å². The van der Waals surface area contributed by atoms with Crippen molar-refractivity contribution in [1.29, 1.82) is 0 Å². The molecule has 0 atom stereocenters. The van der Waals surface area contributed by atoms with Crippen molar-refractivity contribution in [1.82, 2.24) is 0 Å². The first-order valence-electron chi connectivity index (χ1n) is 4.99. The Hall–Kier alpha value is -1.50. The van der Waals surface area contributed by atoms with Crippen LogP contribution in [0.3, 0.4) is 0 Å². The van der Waals surface area contributed by atoms with Crippen LogP contribution in [0.15, 0.2) is 42.1 Å². The van der Waals surface area contributed by atoms with Gasteiger partial charge in [0, 0.05) is 5.70 Å². The lowest BCUT2D eigenvalue weighted by molar-refractivity contribution is 1.03. The normalized spacial score (nSPS) is 16.1. The molecule has 0 aliphatic heterocycles. The molecule has 1 nitrogen and oxygen atoms in total. The minimum Gasteiger partial charge on any atom is -0.398 e. The Morgan fingerprint density at radius 1 is 1.14 bits per heavy atom. The van der Waals surface area contributed by atoms with Gasteiger partial charge >= 0.3 is 0 Å². The van der Waals surface area contributed by atoms with Gasteiger partial charge in [0.05, 0.1) is 0 Å². The summed E-state index contributed by atoms with van der Waals surface area (Å²) in [6.45, 7) is 2.10. The average Bonchev–Trinajstić information content (AvgIpc) is 2.20. The van der Waals surface area contributed by atoms with E-state index in [2.05, 4.69) is 37.3 Å². The number of rotatable bonds is 1. The highest BCUT2D eigenvalue weighted by Crippen LogP contribution is 2.26. The Morgan fingerprint density at radius 2 is 1.86 bits per heavy atom. The highest BCUT2D eigenvalue weighted by Gasteiger charge is 2.07. The van der Waals surface area contributed by atoms with Crippen LogP contribution >= 0.6 is 0 Å². The summed E-state index contributed by atoms with van der Waals surface area (Å²) in [6.07, 6.45) is 6.31. The molecule has 72 valence electrons. The molecule has 0 spiro atoms. The maximum atomic E-state index is 5.94. The molecule has 1 aliphatic rings. The van der Waals surface area contributed by atoms with Crippen LogP contribution in [-0.2, 0) is 0 Å². The Labute approximate surface area is 84.9 Å². The zero-order valence-electron chi connectivity index (χ0n) is 8.46. The van der Waals surface area contributed by atoms with Crippen molar-refractivity contribution in [2.45, 2.75) is 19.8 Å². The first-order valence-corrected chi connectivity index (χ1v) is 4.99. The molecule has 14 heavy (non-hydrogen) atoms. The summed E-state index contributed by atoms with van der Waals surface area (Å²) in [5, 5.41) is 0. The minimum atomic E-state index is 0.917.